The van der Waals surface area contributed by atoms with Crippen molar-refractivity contribution in [2.24, 2.45) is 0 Å². The van der Waals surface area contributed by atoms with E-state index in [4.69, 9.17) is 9.47 Å². The fourth-order valence-electron chi connectivity index (χ4n) is 1.16. The molecule has 17 heavy (non-hydrogen) atoms. The van der Waals surface area contributed by atoms with Crippen molar-refractivity contribution < 1.29 is 23.8 Å². The van der Waals surface area contributed by atoms with Crippen molar-refractivity contribution in [1.29, 1.82) is 0 Å². The molecule has 0 saturated carbocycles. The van der Waals surface area contributed by atoms with Gasteiger partial charge in [0.2, 0.25) is 5.91 Å². The Morgan fingerprint density at radius 2 is 1.94 bits per heavy atom. The highest BCUT2D eigenvalue weighted by atomic mass is 16.5. The third-order valence-corrected chi connectivity index (χ3v) is 2.16. The quantitative estimate of drug-likeness (QED) is 0.462. The molecule has 0 heterocycles. The highest BCUT2D eigenvalue weighted by Crippen LogP contribution is 1.99. The zero-order valence-corrected chi connectivity index (χ0v) is 10.7. The lowest BCUT2D eigenvalue weighted by Crippen LogP contribution is -2.38. The summed E-state index contributed by atoms with van der Waals surface area (Å²) in [5, 5.41) is 2.70. The first kappa shape index (κ1) is 15.9. The summed E-state index contributed by atoms with van der Waals surface area (Å²) in [5.41, 5.74) is 0. The number of amides is 1. The van der Waals surface area contributed by atoms with Crippen LogP contribution in [0.15, 0.2) is 0 Å². The first-order chi connectivity index (χ1) is 8.13. The first-order valence-corrected chi connectivity index (χ1v) is 5.56. The summed E-state index contributed by atoms with van der Waals surface area (Å²) >= 11 is 0. The Morgan fingerprint density at radius 3 is 2.47 bits per heavy atom. The predicted molar refractivity (Wildman–Crippen MR) is 61.5 cm³/mol. The predicted octanol–water partition coefficient (Wildman–Crippen LogP) is 0.107. The molecule has 0 bridgehead atoms. The number of rotatable bonds is 9. The molecule has 0 fully saturated rings. The summed E-state index contributed by atoms with van der Waals surface area (Å²) in [4.78, 5) is 22.5. The molecule has 0 aliphatic rings. The number of ether oxygens (including phenoxy) is 3. The van der Waals surface area contributed by atoms with Gasteiger partial charge in [-0.2, -0.15) is 0 Å². The van der Waals surface area contributed by atoms with Gasteiger partial charge in [0.15, 0.2) is 0 Å². The smallest absolute Gasteiger partial charge is 0.307 e. The molecule has 0 aromatic rings. The fraction of sp³-hybridized carbons (Fsp3) is 0.818. The fourth-order valence-corrected chi connectivity index (χ4v) is 1.16. The maximum atomic E-state index is 11.4. The van der Waals surface area contributed by atoms with Crippen LogP contribution in [0.25, 0.3) is 0 Å². The van der Waals surface area contributed by atoms with Crippen molar-refractivity contribution in [2.75, 3.05) is 34.0 Å². The van der Waals surface area contributed by atoms with Crippen molar-refractivity contribution in [3.05, 3.63) is 0 Å². The summed E-state index contributed by atoms with van der Waals surface area (Å²) in [5.74, 6) is -0.575. The van der Waals surface area contributed by atoms with Crippen molar-refractivity contribution in [1.82, 2.24) is 5.32 Å². The number of esters is 1. The molecular weight excluding hydrogens is 226 g/mol. The molecule has 0 aromatic carbocycles. The molecule has 0 rings (SSSR count). The van der Waals surface area contributed by atoms with Gasteiger partial charge in [-0.15, -0.1) is 0 Å². The van der Waals surface area contributed by atoms with E-state index in [1.807, 2.05) is 6.92 Å². The van der Waals surface area contributed by atoms with Crippen LogP contribution in [0, 0.1) is 0 Å². The van der Waals surface area contributed by atoms with Crippen LogP contribution in [-0.4, -0.2) is 52.0 Å². The van der Waals surface area contributed by atoms with Crippen LogP contribution in [0.1, 0.15) is 19.8 Å². The Morgan fingerprint density at radius 1 is 1.24 bits per heavy atom. The summed E-state index contributed by atoms with van der Waals surface area (Å²) in [6, 6.07) is -0.207. The molecule has 0 saturated heterocycles. The topological polar surface area (TPSA) is 73.9 Å². The molecule has 1 N–H and O–H groups in total. The zero-order chi connectivity index (χ0) is 13.1. The van der Waals surface area contributed by atoms with Crippen molar-refractivity contribution >= 4 is 11.9 Å². The summed E-state index contributed by atoms with van der Waals surface area (Å²) in [6.45, 7) is 2.69. The first-order valence-electron chi connectivity index (χ1n) is 5.56. The summed E-state index contributed by atoms with van der Waals surface area (Å²) in [6.07, 6.45) is 0.843. The Labute approximate surface area is 102 Å². The van der Waals surface area contributed by atoms with E-state index >= 15 is 0 Å². The van der Waals surface area contributed by atoms with Crippen molar-refractivity contribution in [3.8, 4) is 0 Å². The second kappa shape index (κ2) is 10.0. The highest BCUT2D eigenvalue weighted by Gasteiger charge is 2.14. The number of hydrogen-bond donors (Lipinski definition) is 1. The Bertz CT molecular complexity index is 232. The van der Waals surface area contributed by atoms with Crippen LogP contribution in [0.5, 0.6) is 0 Å². The lowest BCUT2D eigenvalue weighted by Gasteiger charge is -2.15. The second-order valence-corrected chi connectivity index (χ2v) is 3.50. The minimum atomic E-state index is -0.336. The second-order valence-electron chi connectivity index (χ2n) is 3.50. The lowest BCUT2D eigenvalue weighted by atomic mass is 10.1. The molecule has 1 amide bonds. The van der Waals surface area contributed by atoms with Gasteiger partial charge in [0.05, 0.1) is 26.7 Å². The third kappa shape index (κ3) is 8.65. The molecule has 6 heteroatoms. The van der Waals surface area contributed by atoms with Crippen LogP contribution in [0.4, 0.5) is 0 Å². The maximum absolute atomic E-state index is 11.4. The molecule has 100 valence electrons. The van der Waals surface area contributed by atoms with Crippen LogP contribution in [0.3, 0.4) is 0 Å². The normalized spacial score (nSPS) is 11.9. The number of nitrogens with one attached hydrogen (secondary N) is 1. The number of carbonyl (C=O) groups is 2. The average molecular weight is 247 g/mol. The zero-order valence-electron chi connectivity index (χ0n) is 10.7. The van der Waals surface area contributed by atoms with Gasteiger partial charge in [0.1, 0.15) is 6.61 Å². The van der Waals surface area contributed by atoms with E-state index in [-0.39, 0.29) is 30.9 Å². The van der Waals surface area contributed by atoms with E-state index in [1.165, 1.54) is 7.11 Å². The van der Waals surface area contributed by atoms with E-state index in [1.54, 1.807) is 7.11 Å². The van der Waals surface area contributed by atoms with Gasteiger partial charge >= 0.3 is 5.97 Å². The Balaban J connectivity index is 3.78. The van der Waals surface area contributed by atoms with Gasteiger partial charge in [-0.25, -0.2) is 0 Å². The van der Waals surface area contributed by atoms with E-state index in [2.05, 4.69) is 10.1 Å². The summed E-state index contributed by atoms with van der Waals surface area (Å²) in [7, 11) is 2.89. The van der Waals surface area contributed by atoms with Crippen molar-refractivity contribution in [2.45, 2.75) is 25.8 Å². The molecule has 0 aromatic heterocycles. The molecule has 6 nitrogen and oxygen atoms in total. The summed E-state index contributed by atoms with van der Waals surface area (Å²) < 4.78 is 14.4. The Kier molecular flexibility index (Phi) is 9.37. The van der Waals surface area contributed by atoms with Crippen LogP contribution < -0.4 is 5.32 Å². The maximum Gasteiger partial charge on any atom is 0.307 e. The average Bonchev–Trinajstić information content (AvgIpc) is 2.33. The molecule has 0 aliphatic carbocycles. The highest BCUT2D eigenvalue weighted by molar-refractivity contribution is 5.78. The minimum absolute atomic E-state index is 0.0268. The van der Waals surface area contributed by atoms with E-state index in [0.29, 0.717) is 19.6 Å². The van der Waals surface area contributed by atoms with Gasteiger partial charge in [0, 0.05) is 13.2 Å². The minimum Gasteiger partial charge on any atom is -0.469 e. The molecular formula is C11H21NO5. The largest absolute Gasteiger partial charge is 0.469 e. The third-order valence-electron chi connectivity index (χ3n) is 2.16. The number of hydrogen-bond acceptors (Lipinski definition) is 5. The lowest BCUT2D eigenvalue weighted by molar-refractivity contribution is -0.141. The van der Waals surface area contributed by atoms with Crippen molar-refractivity contribution in [3.63, 3.8) is 0 Å². The molecule has 1 unspecified atom stereocenters. The van der Waals surface area contributed by atoms with Crippen LogP contribution in [0.2, 0.25) is 0 Å². The van der Waals surface area contributed by atoms with Crippen LogP contribution in [-0.2, 0) is 23.8 Å². The number of methoxy groups -OCH3 is 2. The van der Waals surface area contributed by atoms with Gasteiger partial charge < -0.3 is 19.5 Å². The standard InChI is InChI=1S/C11H21NO5/c1-4-9(7-11(14)16-3)12-10(13)8-17-6-5-15-2/h9H,4-8H2,1-3H3,(H,12,13). The molecule has 0 radical (unpaired) electrons. The van der Waals surface area contributed by atoms with E-state index in [9.17, 15) is 9.59 Å². The van der Waals surface area contributed by atoms with Gasteiger partial charge in [-0.3, -0.25) is 9.59 Å². The van der Waals surface area contributed by atoms with Gasteiger partial charge in [-0.05, 0) is 6.42 Å². The van der Waals surface area contributed by atoms with Gasteiger partial charge in [-0.1, -0.05) is 6.92 Å². The van der Waals surface area contributed by atoms with E-state index < -0.39 is 0 Å². The van der Waals surface area contributed by atoms with Crippen LogP contribution >= 0.6 is 0 Å². The van der Waals surface area contributed by atoms with E-state index in [0.717, 1.165) is 0 Å². The molecule has 0 spiro atoms. The molecule has 1 atom stereocenters. The Hall–Kier alpha value is -1.14. The molecule has 0 aliphatic heterocycles. The van der Waals surface area contributed by atoms with Gasteiger partial charge in [0.25, 0.3) is 0 Å². The number of carbonyl (C=O) groups excluding carboxylic acids is 2. The monoisotopic (exact) mass is 247 g/mol. The SMILES string of the molecule is CCC(CC(=O)OC)NC(=O)COCCOC.